The van der Waals surface area contributed by atoms with Gasteiger partial charge in [-0.1, -0.05) is 41.9 Å². The van der Waals surface area contributed by atoms with E-state index in [2.05, 4.69) is 4.72 Å². The van der Waals surface area contributed by atoms with Gasteiger partial charge in [0, 0.05) is 22.2 Å². The van der Waals surface area contributed by atoms with Crippen LogP contribution in [-0.4, -0.2) is 25.0 Å². The number of allylic oxidation sites excluding steroid dienone is 1. The molecule has 0 saturated heterocycles. The molecule has 218 valence electrons. The van der Waals surface area contributed by atoms with Crippen LogP contribution in [0.25, 0.3) is 6.08 Å². The van der Waals surface area contributed by atoms with Crippen LogP contribution >= 0.6 is 11.6 Å². The molecule has 43 heavy (non-hydrogen) atoms. The lowest BCUT2D eigenvalue weighted by atomic mass is 9.77. The zero-order valence-electron chi connectivity index (χ0n) is 22.8. The maximum Gasteiger partial charge on any atom is 0.274 e. The number of amides is 1. The molecule has 1 aliphatic carbocycles. The molecular weight excluding hydrogens is 592 g/mol. The molecule has 2 unspecified atom stereocenters. The second-order valence-electron chi connectivity index (χ2n) is 10.5. The fourth-order valence-corrected chi connectivity index (χ4v) is 6.81. The van der Waals surface area contributed by atoms with E-state index >= 15 is 0 Å². The molecule has 4 aromatic rings. The van der Waals surface area contributed by atoms with Crippen molar-refractivity contribution in [2.45, 2.75) is 30.2 Å². The van der Waals surface area contributed by atoms with Crippen LogP contribution in [0.3, 0.4) is 0 Å². The third-order valence-corrected chi connectivity index (χ3v) is 9.25. The van der Waals surface area contributed by atoms with Gasteiger partial charge in [0.2, 0.25) is 0 Å². The van der Waals surface area contributed by atoms with Crippen LogP contribution in [0.2, 0.25) is 5.02 Å². The Balaban J connectivity index is 1.37. The number of carbonyl (C=O) groups excluding carboxylic acids is 1. The Morgan fingerprint density at radius 3 is 2.30 bits per heavy atom. The topological polar surface area (TPSA) is 78.8 Å². The van der Waals surface area contributed by atoms with Crippen LogP contribution in [0.4, 0.5) is 14.5 Å². The van der Waals surface area contributed by atoms with Gasteiger partial charge in [-0.05, 0) is 109 Å². The van der Waals surface area contributed by atoms with Crippen molar-refractivity contribution < 1.29 is 22.0 Å². The van der Waals surface area contributed by atoms with E-state index in [9.17, 15) is 22.0 Å². The highest BCUT2D eigenvalue weighted by Crippen LogP contribution is 2.45. The van der Waals surface area contributed by atoms with Gasteiger partial charge in [0.05, 0.1) is 16.6 Å². The van der Waals surface area contributed by atoms with E-state index in [1.807, 2.05) is 6.08 Å². The van der Waals surface area contributed by atoms with E-state index in [-0.39, 0.29) is 22.2 Å². The summed E-state index contributed by atoms with van der Waals surface area (Å²) < 4.78 is 56.3. The maximum atomic E-state index is 14.1. The lowest BCUT2D eigenvalue weighted by molar-refractivity contribution is 0.0680. The van der Waals surface area contributed by atoms with Gasteiger partial charge in [0.1, 0.15) is 11.6 Å². The minimum absolute atomic E-state index is 0.0900. The van der Waals surface area contributed by atoms with Gasteiger partial charge < -0.3 is 0 Å². The Labute approximate surface area is 253 Å². The van der Waals surface area contributed by atoms with Crippen molar-refractivity contribution in [2.24, 2.45) is 11.0 Å². The van der Waals surface area contributed by atoms with Gasteiger partial charge in [0.15, 0.2) is 0 Å². The SMILES string of the molecule is O=C(c1cccc(S(=O)(=O)Nc2ccc(Cl)cc2)c1)N1N=C2/C(=C\c3ccc(F)cc3)CCCC2C1c1ccc(F)cc1. The normalized spacial score (nSPS) is 19.2. The van der Waals surface area contributed by atoms with Crippen LogP contribution in [0.15, 0.2) is 113 Å². The minimum Gasteiger partial charge on any atom is -0.280 e. The Kier molecular flexibility index (Phi) is 7.85. The Bertz CT molecular complexity index is 1840. The van der Waals surface area contributed by atoms with E-state index in [1.165, 1.54) is 47.5 Å². The molecule has 2 atom stereocenters. The molecule has 1 N–H and O–H groups in total. The van der Waals surface area contributed by atoms with Crippen molar-refractivity contribution in [2.75, 3.05) is 4.72 Å². The average molecular weight is 618 g/mol. The fourth-order valence-electron chi connectivity index (χ4n) is 5.58. The first-order chi connectivity index (χ1) is 20.7. The summed E-state index contributed by atoms with van der Waals surface area (Å²) >= 11 is 5.92. The van der Waals surface area contributed by atoms with E-state index in [0.717, 1.165) is 41.7 Å². The largest absolute Gasteiger partial charge is 0.280 e. The number of hydrogen-bond acceptors (Lipinski definition) is 4. The first kappa shape index (κ1) is 28.8. The molecule has 4 aromatic carbocycles. The van der Waals surface area contributed by atoms with Crippen LogP contribution < -0.4 is 4.72 Å². The van der Waals surface area contributed by atoms with Crippen LogP contribution in [0.1, 0.15) is 46.8 Å². The van der Waals surface area contributed by atoms with Crippen molar-refractivity contribution >= 4 is 45.0 Å². The summed E-state index contributed by atoms with van der Waals surface area (Å²) in [6.07, 6.45) is 4.29. The molecule has 6 nitrogen and oxygen atoms in total. The molecule has 0 radical (unpaired) electrons. The van der Waals surface area contributed by atoms with Gasteiger partial charge in [-0.3, -0.25) is 9.52 Å². The maximum absolute atomic E-state index is 14.1. The average Bonchev–Trinajstić information content (AvgIpc) is 3.40. The smallest absolute Gasteiger partial charge is 0.274 e. The number of anilines is 1. The van der Waals surface area contributed by atoms with Gasteiger partial charge in [-0.2, -0.15) is 5.10 Å². The summed E-state index contributed by atoms with van der Waals surface area (Å²) in [6.45, 7) is 0. The quantitative estimate of drug-likeness (QED) is 0.239. The lowest BCUT2D eigenvalue weighted by Crippen LogP contribution is -2.32. The Morgan fingerprint density at radius 1 is 0.930 bits per heavy atom. The molecule has 0 spiro atoms. The van der Waals surface area contributed by atoms with Gasteiger partial charge >= 0.3 is 0 Å². The molecule has 1 aliphatic heterocycles. The summed E-state index contributed by atoms with van der Waals surface area (Å²) in [5.74, 6) is -1.37. The number of benzene rings is 4. The standard InChI is InChI=1S/C33H26ClF2N3O3S/c34-25-11-17-28(18-12-25)38-43(41,42)29-5-1-4-24(20-29)33(40)39-32(22-9-15-27(36)16-10-22)30-6-2-3-23(31(30)37-39)19-21-7-13-26(35)14-8-21/h1,4-5,7-20,30,32,38H,2-3,6H2/b23-19-. The van der Waals surface area contributed by atoms with Crippen molar-refractivity contribution in [3.63, 3.8) is 0 Å². The Hall–Kier alpha value is -4.34. The number of rotatable bonds is 6. The summed E-state index contributed by atoms with van der Waals surface area (Å²) in [4.78, 5) is 14.0. The van der Waals surface area contributed by atoms with Crippen LogP contribution in [0.5, 0.6) is 0 Å². The summed E-state index contributed by atoms with van der Waals surface area (Å²) in [5, 5.41) is 6.67. The molecular formula is C33H26ClF2N3O3S. The number of fused-ring (bicyclic) bond motifs is 1. The van der Waals surface area contributed by atoms with Crippen LogP contribution in [0, 0.1) is 17.6 Å². The number of nitrogens with zero attached hydrogens (tertiary/aromatic N) is 2. The lowest BCUT2D eigenvalue weighted by Gasteiger charge is -2.29. The first-order valence-corrected chi connectivity index (χ1v) is 15.6. The van der Waals surface area contributed by atoms with Crippen LogP contribution in [-0.2, 0) is 10.0 Å². The molecule has 1 amide bonds. The number of halogens is 3. The predicted octanol–water partition coefficient (Wildman–Crippen LogP) is 7.86. The van der Waals surface area contributed by atoms with E-state index in [4.69, 9.17) is 16.7 Å². The molecule has 1 fully saturated rings. The number of hydrazone groups is 1. The van der Waals surface area contributed by atoms with Gasteiger partial charge in [-0.25, -0.2) is 22.2 Å². The fraction of sp³-hybridized carbons (Fsp3) is 0.152. The van der Waals surface area contributed by atoms with Crippen molar-refractivity contribution in [3.8, 4) is 0 Å². The minimum atomic E-state index is -4.02. The molecule has 0 bridgehead atoms. The second kappa shape index (κ2) is 11.7. The molecule has 6 rings (SSSR count). The summed E-state index contributed by atoms with van der Waals surface area (Å²) in [5.41, 5.74) is 3.68. The Morgan fingerprint density at radius 2 is 1.60 bits per heavy atom. The molecule has 1 saturated carbocycles. The molecule has 1 heterocycles. The van der Waals surface area contributed by atoms with E-state index in [1.54, 1.807) is 54.6 Å². The molecule has 10 heteroatoms. The second-order valence-corrected chi connectivity index (χ2v) is 12.6. The third-order valence-electron chi connectivity index (χ3n) is 7.62. The van der Waals surface area contributed by atoms with E-state index in [0.29, 0.717) is 10.7 Å². The number of sulfonamides is 1. The monoisotopic (exact) mass is 617 g/mol. The zero-order chi connectivity index (χ0) is 30.1. The predicted molar refractivity (Wildman–Crippen MR) is 163 cm³/mol. The molecule has 2 aliphatic rings. The van der Waals surface area contributed by atoms with Crippen molar-refractivity contribution in [1.29, 1.82) is 0 Å². The highest BCUT2D eigenvalue weighted by molar-refractivity contribution is 7.92. The number of nitrogens with one attached hydrogen (secondary N) is 1. The molecule has 0 aromatic heterocycles. The number of hydrogen-bond donors (Lipinski definition) is 1. The third kappa shape index (κ3) is 6.09. The van der Waals surface area contributed by atoms with Gasteiger partial charge in [-0.15, -0.1) is 0 Å². The first-order valence-electron chi connectivity index (χ1n) is 13.7. The number of carbonyl (C=O) groups is 1. The summed E-state index contributed by atoms with van der Waals surface area (Å²) in [6, 6.07) is 23.6. The van der Waals surface area contributed by atoms with Crippen molar-refractivity contribution in [3.05, 3.63) is 136 Å². The zero-order valence-corrected chi connectivity index (χ0v) is 24.3. The highest BCUT2D eigenvalue weighted by Gasteiger charge is 2.44. The van der Waals surface area contributed by atoms with E-state index < -0.39 is 27.8 Å². The van der Waals surface area contributed by atoms with Crippen molar-refractivity contribution in [1.82, 2.24) is 5.01 Å². The van der Waals surface area contributed by atoms with Gasteiger partial charge in [0.25, 0.3) is 15.9 Å². The highest BCUT2D eigenvalue weighted by atomic mass is 35.5. The summed E-state index contributed by atoms with van der Waals surface area (Å²) in [7, 11) is -4.02.